The van der Waals surface area contributed by atoms with Gasteiger partial charge >= 0.3 is 0 Å². The standard InChI is InChI=1S/C20H30O.4CH4/c1-16(8-6-9-17(2)13-15-21)11-12-19-18(3)10-7-14-20(19,4)5;;;;/h6,8-9,11-13,21H,7,10,14-15H2,1-5H3;4*1H4/b9-6+,12-11+,16-8+,17-13+;;;;. The highest BCUT2D eigenvalue weighted by Gasteiger charge is 2.26. The number of allylic oxidation sites excluding steroid dienone is 9. The Bertz CT molecular complexity index is 496. The van der Waals surface area contributed by atoms with Crippen LogP contribution >= 0.6 is 0 Å². The highest BCUT2D eigenvalue weighted by atomic mass is 16.2. The minimum Gasteiger partial charge on any atom is -0.392 e. The van der Waals surface area contributed by atoms with Crippen molar-refractivity contribution in [3.63, 3.8) is 0 Å². The summed E-state index contributed by atoms with van der Waals surface area (Å²) < 4.78 is 0. The van der Waals surface area contributed by atoms with Gasteiger partial charge in [-0.1, -0.05) is 96.7 Å². The van der Waals surface area contributed by atoms with E-state index in [9.17, 15) is 0 Å². The predicted octanol–water partition coefficient (Wildman–Crippen LogP) is 8.05. The lowest BCUT2D eigenvalue weighted by molar-refractivity contribution is 0.342. The molecule has 0 aliphatic heterocycles. The second-order valence-corrected chi connectivity index (χ2v) is 6.67. The van der Waals surface area contributed by atoms with E-state index in [4.69, 9.17) is 5.11 Å². The Hall–Kier alpha value is -1.34. The molecule has 0 saturated heterocycles. The van der Waals surface area contributed by atoms with Crippen LogP contribution in [0.1, 0.15) is 83.6 Å². The fourth-order valence-corrected chi connectivity index (χ4v) is 2.84. The molecule has 0 atom stereocenters. The molecule has 0 unspecified atom stereocenters. The van der Waals surface area contributed by atoms with Crippen LogP contribution < -0.4 is 0 Å². The van der Waals surface area contributed by atoms with Crippen LogP contribution in [0.2, 0.25) is 0 Å². The Balaban J connectivity index is -0.000000551. The molecule has 25 heavy (non-hydrogen) atoms. The topological polar surface area (TPSA) is 20.2 Å². The zero-order valence-corrected chi connectivity index (χ0v) is 14.2. The molecule has 0 aromatic carbocycles. The summed E-state index contributed by atoms with van der Waals surface area (Å²) in [6.45, 7) is 11.2. The Kier molecular flexibility index (Phi) is 18.8. The van der Waals surface area contributed by atoms with Gasteiger partial charge in [0.2, 0.25) is 0 Å². The number of hydrogen-bond acceptors (Lipinski definition) is 1. The molecule has 0 bridgehead atoms. The third-order valence-corrected chi connectivity index (χ3v) is 4.19. The zero-order chi connectivity index (χ0) is 15.9. The van der Waals surface area contributed by atoms with Crippen LogP contribution in [0.5, 0.6) is 0 Å². The SMILES string of the molecule is C.C.C.C.CC1=C(/C=C/C(C)=C/C=C/C(C)=C/CO)C(C)(C)CCC1. The van der Waals surface area contributed by atoms with Gasteiger partial charge in [-0.25, -0.2) is 0 Å². The second-order valence-electron chi connectivity index (χ2n) is 6.67. The maximum absolute atomic E-state index is 8.81. The van der Waals surface area contributed by atoms with Crippen LogP contribution in [0.15, 0.2) is 58.7 Å². The monoisotopic (exact) mass is 350 g/mol. The van der Waals surface area contributed by atoms with Gasteiger partial charge in [0.05, 0.1) is 6.61 Å². The van der Waals surface area contributed by atoms with Crippen molar-refractivity contribution in [1.82, 2.24) is 0 Å². The normalized spacial score (nSPS) is 17.5. The van der Waals surface area contributed by atoms with Crippen LogP contribution in [0.25, 0.3) is 0 Å². The largest absolute Gasteiger partial charge is 0.392 e. The smallest absolute Gasteiger partial charge is 0.0617 e. The molecule has 1 aliphatic carbocycles. The van der Waals surface area contributed by atoms with Crippen molar-refractivity contribution in [2.75, 3.05) is 6.61 Å². The van der Waals surface area contributed by atoms with E-state index in [1.807, 2.05) is 19.1 Å². The van der Waals surface area contributed by atoms with Crippen molar-refractivity contribution in [1.29, 1.82) is 0 Å². The van der Waals surface area contributed by atoms with Crippen molar-refractivity contribution < 1.29 is 5.11 Å². The molecular weight excluding hydrogens is 304 g/mol. The van der Waals surface area contributed by atoms with Gasteiger partial charge in [-0.15, -0.1) is 0 Å². The molecule has 1 nitrogen and oxygen atoms in total. The number of hydrogen-bond donors (Lipinski definition) is 1. The summed E-state index contributed by atoms with van der Waals surface area (Å²) in [7, 11) is 0. The van der Waals surface area contributed by atoms with E-state index in [-0.39, 0.29) is 36.3 Å². The van der Waals surface area contributed by atoms with Crippen molar-refractivity contribution in [2.24, 2.45) is 5.41 Å². The van der Waals surface area contributed by atoms with Gasteiger partial charge in [0.25, 0.3) is 0 Å². The number of rotatable bonds is 5. The first kappa shape index (κ1) is 31.4. The number of aliphatic hydroxyl groups excluding tert-OH is 1. The minimum atomic E-state index is 0. The molecule has 0 aromatic rings. The van der Waals surface area contributed by atoms with E-state index in [0.717, 1.165) is 5.57 Å². The fraction of sp³-hybridized carbons (Fsp3) is 0.583. The van der Waals surface area contributed by atoms with E-state index in [2.05, 4.69) is 45.9 Å². The van der Waals surface area contributed by atoms with E-state index < -0.39 is 0 Å². The van der Waals surface area contributed by atoms with Crippen molar-refractivity contribution in [2.45, 2.75) is 83.6 Å². The van der Waals surface area contributed by atoms with Crippen LogP contribution in [0, 0.1) is 5.41 Å². The van der Waals surface area contributed by atoms with E-state index in [0.29, 0.717) is 5.41 Å². The Morgan fingerprint density at radius 1 is 1.04 bits per heavy atom. The van der Waals surface area contributed by atoms with Gasteiger partial charge in [0.15, 0.2) is 0 Å². The molecule has 0 aromatic heterocycles. The third-order valence-electron chi connectivity index (χ3n) is 4.19. The van der Waals surface area contributed by atoms with Gasteiger partial charge in [-0.2, -0.15) is 0 Å². The summed E-state index contributed by atoms with van der Waals surface area (Å²) in [4.78, 5) is 0. The molecule has 0 spiro atoms. The lowest BCUT2D eigenvalue weighted by Gasteiger charge is -2.32. The van der Waals surface area contributed by atoms with Gasteiger partial charge in [0.1, 0.15) is 0 Å². The third kappa shape index (κ3) is 11.0. The first-order valence-electron chi connectivity index (χ1n) is 7.87. The van der Waals surface area contributed by atoms with Gasteiger partial charge in [-0.3, -0.25) is 0 Å². The maximum Gasteiger partial charge on any atom is 0.0617 e. The average Bonchev–Trinajstić information content (AvgIpc) is 2.37. The molecule has 0 amide bonds. The second kappa shape index (κ2) is 15.0. The summed E-state index contributed by atoms with van der Waals surface area (Å²) >= 11 is 0. The highest BCUT2D eigenvalue weighted by molar-refractivity contribution is 5.37. The van der Waals surface area contributed by atoms with E-state index in [1.54, 1.807) is 6.08 Å². The molecule has 148 valence electrons. The molecule has 1 N–H and O–H groups in total. The van der Waals surface area contributed by atoms with Gasteiger partial charge in [0, 0.05) is 0 Å². The number of aliphatic hydroxyl groups is 1. The average molecular weight is 351 g/mol. The Morgan fingerprint density at radius 2 is 1.64 bits per heavy atom. The van der Waals surface area contributed by atoms with Gasteiger partial charge in [-0.05, 0) is 51.0 Å². The molecular formula is C24H46O. The molecule has 1 aliphatic rings. The fourth-order valence-electron chi connectivity index (χ4n) is 2.84. The van der Waals surface area contributed by atoms with Crippen LogP contribution in [0.4, 0.5) is 0 Å². The van der Waals surface area contributed by atoms with Crippen LogP contribution in [-0.4, -0.2) is 11.7 Å². The van der Waals surface area contributed by atoms with E-state index in [1.165, 1.54) is 36.0 Å². The first-order valence-corrected chi connectivity index (χ1v) is 7.87. The van der Waals surface area contributed by atoms with Crippen molar-refractivity contribution in [3.05, 3.63) is 58.7 Å². The Labute approximate surface area is 159 Å². The minimum absolute atomic E-state index is 0. The molecule has 1 heteroatoms. The van der Waals surface area contributed by atoms with Crippen molar-refractivity contribution in [3.8, 4) is 0 Å². The maximum atomic E-state index is 8.81. The van der Waals surface area contributed by atoms with Crippen LogP contribution in [-0.2, 0) is 0 Å². The van der Waals surface area contributed by atoms with Crippen molar-refractivity contribution >= 4 is 0 Å². The summed E-state index contributed by atoms with van der Waals surface area (Å²) in [6, 6.07) is 0. The molecule has 0 heterocycles. The first-order chi connectivity index (χ1) is 9.86. The van der Waals surface area contributed by atoms with Gasteiger partial charge < -0.3 is 5.11 Å². The molecule has 0 fully saturated rings. The lowest BCUT2D eigenvalue weighted by atomic mass is 9.72. The molecule has 0 radical (unpaired) electrons. The molecule has 0 saturated carbocycles. The summed E-state index contributed by atoms with van der Waals surface area (Å²) in [5.41, 5.74) is 5.66. The molecule has 1 rings (SSSR count). The zero-order valence-electron chi connectivity index (χ0n) is 14.2. The van der Waals surface area contributed by atoms with Crippen LogP contribution in [0.3, 0.4) is 0 Å². The summed E-state index contributed by atoms with van der Waals surface area (Å²) in [6.07, 6.45) is 16.3. The summed E-state index contributed by atoms with van der Waals surface area (Å²) in [5, 5.41) is 8.81. The highest BCUT2D eigenvalue weighted by Crippen LogP contribution is 2.40. The lowest BCUT2D eigenvalue weighted by Crippen LogP contribution is -2.19. The quantitative estimate of drug-likeness (QED) is 0.497. The Morgan fingerprint density at radius 3 is 2.16 bits per heavy atom. The summed E-state index contributed by atoms with van der Waals surface area (Å²) in [5.74, 6) is 0. The predicted molar refractivity (Wildman–Crippen MR) is 120 cm³/mol. The van der Waals surface area contributed by atoms with E-state index >= 15 is 0 Å².